The summed E-state index contributed by atoms with van der Waals surface area (Å²) in [6.45, 7) is 5.42. The number of rotatable bonds is 20. The predicted molar refractivity (Wildman–Crippen MR) is 129 cm³/mol. The molecule has 1 N–H and O–H groups in total. The van der Waals surface area contributed by atoms with E-state index < -0.39 is 10.1 Å². The fourth-order valence-electron chi connectivity index (χ4n) is 3.30. The topological polar surface area (TPSA) is 57.6 Å². The van der Waals surface area contributed by atoms with Gasteiger partial charge in [0.25, 0.3) is 10.1 Å². The van der Waals surface area contributed by atoms with Crippen LogP contribution in [-0.4, -0.2) is 44.3 Å². The second kappa shape index (κ2) is 24.1. The predicted octanol–water partition coefficient (Wildman–Crippen LogP) is 7.48. The number of hydrogen-bond acceptors (Lipinski definition) is 3. The molecule has 0 aliphatic carbocycles. The van der Waals surface area contributed by atoms with E-state index in [9.17, 15) is 8.42 Å². The van der Waals surface area contributed by atoms with Crippen LogP contribution in [0.25, 0.3) is 0 Å². The zero-order chi connectivity index (χ0) is 22.2. The van der Waals surface area contributed by atoms with E-state index in [1.165, 1.54) is 109 Å². The summed E-state index contributed by atoms with van der Waals surface area (Å²) in [6, 6.07) is 0. The van der Waals surface area contributed by atoms with Crippen LogP contribution in [0, 0.1) is 0 Å². The summed E-state index contributed by atoms with van der Waals surface area (Å²) < 4.78 is 28.0. The molecule has 0 amide bonds. The first-order chi connectivity index (χ1) is 13.8. The van der Waals surface area contributed by atoms with Gasteiger partial charge in [-0.3, -0.25) is 4.55 Å². The molecule has 0 aliphatic rings. The molecule has 0 saturated carbocycles. The van der Waals surface area contributed by atoms with Crippen molar-refractivity contribution < 1.29 is 13.0 Å². The Kier molecular flexibility index (Phi) is 25.9. The fourth-order valence-corrected chi connectivity index (χ4v) is 3.96. The van der Waals surface area contributed by atoms with Crippen LogP contribution >= 0.6 is 0 Å². The van der Waals surface area contributed by atoms with Gasteiger partial charge in [-0.05, 0) is 33.5 Å². The standard InChI is InChI=1S/C20H43N.C4H10O3S/c1-4-5-6-7-8-9-10-11-12-13-14-15-16-17-18-19-20-21(2)3;1-2-3-4-8(5,6)7/h4-20H2,1-3H3;2-4H2,1H3,(H,5,6,7). The van der Waals surface area contributed by atoms with Crippen molar-refractivity contribution in [1.82, 2.24) is 4.90 Å². The SMILES string of the molecule is CCCCCCCCCCCCCCCCCCN(C)C.CCCCS(=O)(=O)O. The van der Waals surface area contributed by atoms with Crippen LogP contribution in [0.5, 0.6) is 0 Å². The van der Waals surface area contributed by atoms with Gasteiger partial charge in [0, 0.05) is 0 Å². The minimum Gasteiger partial charge on any atom is -0.309 e. The van der Waals surface area contributed by atoms with Gasteiger partial charge in [-0.15, -0.1) is 0 Å². The zero-order valence-corrected chi connectivity index (χ0v) is 21.1. The van der Waals surface area contributed by atoms with Crippen LogP contribution in [0.4, 0.5) is 0 Å². The fraction of sp³-hybridized carbons (Fsp3) is 1.00. The van der Waals surface area contributed by atoms with Crippen molar-refractivity contribution >= 4 is 10.1 Å². The lowest BCUT2D eigenvalue weighted by molar-refractivity contribution is 0.389. The largest absolute Gasteiger partial charge is 0.309 e. The molecule has 0 aromatic carbocycles. The van der Waals surface area contributed by atoms with E-state index in [0.29, 0.717) is 6.42 Å². The zero-order valence-electron chi connectivity index (χ0n) is 20.3. The first-order valence-electron chi connectivity index (χ1n) is 12.4. The van der Waals surface area contributed by atoms with Gasteiger partial charge < -0.3 is 4.90 Å². The maximum absolute atomic E-state index is 9.95. The Hall–Kier alpha value is -0.130. The van der Waals surface area contributed by atoms with Gasteiger partial charge in [-0.1, -0.05) is 117 Å². The van der Waals surface area contributed by atoms with Crippen molar-refractivity contribution in [1.29, 1.82) is 0 Å². The Morgan fingerprint density at radius 3 is 1.10 bits per heavy atom. The molecule has 4 nitrogen and oxygen atoms in total. The first-order valence-corrected chi connectivity index (χ1v) is 14.0. The maximum Gasteiger partial charge on any atom is 0.264 e. The quantitative estimate of drug-likeness (QED) is 0.159. The number of unbranched alkanes of at least 4 members (excludes halogenated alkanes) is 16. The third-order valence-corrected chi connectivity index (χ3v) is 6.02. The van der Waals surface area contributed by atoms with Crippen molar-refractivity contribution in [3.8, 4) is 0 Å². The van der Waals surface area contributed by atoms with Crippen LogP contribution in [0.3, 0.4) is 0 Å². The van der Waals surface area contributed by atoms with E-state index in [-0.39, 0.29) is 5.75 Å². The molecule has 0 aromatic rings. The summed E-state index contributed by atoms with van der Waals surface area (Å²) in [4.78, 5) is 2.30. The van der Waals surface area contributed by atoms with Crippen LogP contribution in [0.1, 0.15) is 129 Å². The Labute approximate surface area is 184 Å². The van der Waals surface area contributed by atoms with E-state index in [1.807, 2.05) is 6.92 Å². The highest BCUT2D eigenvalue weighted by atomic mass is 32.2. The molecule has 0 bridgehead atoms. The lowest BCUT2D eigenvalue weighted by Crippen LogP contribution is -2.12. The van der Waals surface area contributed by atoms with E-state index in [0.717, 1.165) is 6.42 Å². The molecule has 0 heterocycles. The van der Waals surface area contributed by atoms with E-state index in [2.05, 4.69) is 25.9 Å². The molecule has 0 radical (unpaired) electrons. The van der Waals surface area contributed by atoms with Crippen LogP contribution in [0.15, 0.2) is 0 Å². The highest BCUT2D eigenvalue weighted by Gasteiger charge is 2.00. The van der Waals surface area contributed by atoms with Crippen molar-refractivity contribution in [3.05, 3.63) is 0 Å². The molecule has 0 saturated heterocycles. The molecule has 0 rings (SSSR count). The highest BCUT2D eigenvalue weighted by Crippen LogP contribution is 2.13. The normalized spacial score (nSPS) is 11.5. The maximum atomic E-state index is 9.95. The minimum atomic E-state index is -3.69. The van der Waals surface area contributed by atoms with Gasteiger partial charge in [0.1, 0.15) is 0 Å². The van der Waals surface area contributed by atoms with E-state index in [4.69, 9.17) is 4.55 Å². The van der Waals surface area contributed by atoms with E-state index in [1.54, 1.807) is 0 Å². The first kappa shape index (κ1) is 31.1. The molecule has 5 heteroatoms. The molecule has 0 fully saturated rings. The second-order valence-corrected chi connectivity index (χ2v) is 10.3. The summed E-state index contributed by atoms with van der Waals surface area (Å²) in [5.74, 6) is -0.108. The van der Waals surface area contributed by atoms with Gasteiger partial charge in [-0.2, -0.15) is 8.42 Å². The summed E-state index contributed by atoms with van der Waals surface area (Å²) in [7, 11) is 0.657. The van der Waals surface area contributed by atoms with E-state index >= 15 is 0 Å². The number of hydrogen-bond donors (Lipinski definition) is 1. The Morgan fingerprint density at radius 1 is 0.552 bits per heavy atom. The van der Waals surface area contributed by atoms with Gasteiger partial charge in [0.15, 0.2) is 0 Å². The highest BCUT2D eigenvalue weighted by molar-refractivity contribution is 7.85. The van der Waals surface area contributed by atoms with Crippen LogP contribution in [0.2, 0.25) is 0 Å². The average molecular weight is 436 g/mol. The smallest absolute Gasteiger partial charge is 0.264 e. The summed E-state index contributed by atoms with van der Waals surface area (Å²) in [6.07, 6.45) is 24.6. The van der Waals surface area contributed by atoms with Crippen molar-refractivity contribution in [2.45, 2.75) is 129 Å². The van der Waals surface area contributed by atoms with Crippen molar-refractivity contribution in [3.63, 3.8) is 0 Å². The summed E-state index contributed by atoms with van der Waals surface area (Å²) in [5, 5.41) is 0. The molecule has 0 aromatic heterocycles. The molecular formula is C24H53NO3S. The lowest BCUT2D eigenvalue weighted by atomic mass is 10.0. The van der Waals surface area contributed by atoms with Crippen molar-refractivity contribution in [2.75, 3.05) is 26.4 Å². The van der Waals surface area contributed by atoms with Gasteiger partial charge in [-0.25, -0.2) is 0 Å². The molecule has 178 valence electrons. The third kappa shape index (κ3) is 35.7. The Morgan fingerprint density at radius 2 is 0.862 bits per heavy atom. The molecule has 0 spiro atoms. The monoisotopic (exact) mass is 435 g/mol. The van der Waals surface area contributed by atoms with Crippen molar-refractivity contribution in [2.24, 2.45) is 0 Å². The van der Waals surface area contributed by atoms with Crippen LogP contribution < -0.4 is 0 Å². The minimum absolute atomic E-state index is 0.108. The molecular weight excluding hydrogens is 382 g/mol. The number of nitrogens with zero attached hydrogens (tertiary/aromatic N) is 1. The molecule has 29 heavy (non-hydrogen) atoms. The van der Waals surface area contributed by atoms with Crippen LogP contribution in [-0.2, 0) is 10.1 Å². The molecule has 0 unspecified atom stereocenters. The molecule has 0 atom stereocenters. The lowest BCUT2D eigenvalue weighted by Gasteiger charge is -2.08. The second-order valence-electron chi connectivity index (χ2n) is 8.75. The summed E-state index contributed by atoms with van der Waals surface area (Å²) >= 11 is 0. The molecule has 0 aliphatic heterocycles. The van der Waals surface area contributed by atoms with Gasteiger partial charge >= 0.3 is 0 Å². The average Bonchev–Trinajstić information content (AvgIpc) is 2.65. The third-order valence-electron chi connectivity index (χ3n) is 5.21. The van der Waals surface area contributed by atoms with Gasteiger partial charge in [0.05, 0.1) is 5.75 Å². The Bertz CT molecular complexity index is 397. The summed E-state index contributed by atoms with van der Waals surface area (Å²) in [5.41, 5.74) is 0. The van der Waals surface area contributed by atoms with Gasteiger partial charge in [0.2, 0.25) is 0 Å². The Balaban J connectivity index is 0.